The Labute approximate surface area is 140 Å². The van der Waals surface area contributed by atoms with Gasteiger partial charge in [0.1, 0.15) is 5.82 Å². The first-order valence-electron chi connectivity index (χ1n) is 7.48. The molecule has 3 rings (SSSR count). The molecule has 0 bridgehead atoms. The molecule has 7 heteroatoms. The van der Waals surface area contributed by atoms with Crippen molar-refractivity contribution in [2.75, 3.05) is 36.4 Å². The molecule has 0 saturated carbocycles. The first-order valence-corrected chi connectivity index (χ1v) is 7.86. The molecule has 120 valence electrons. The van der Waals surface area contributed by atoms with E-state index in [1.54, 1.807) is 19.2 Å². The first-order chi connectivity index (χ1) is 11.1. The number of carbonyl (C=O) groups excluding carboxylic acids is 1. The van der Waals surface area contributed by atoms with Gasteiger partial charge in [-0.05, 0) is 18.2 Å². The van der Waals surface area contributed by atoms with Gasteiger partial charge in [-0.1, -0.05) is 23.7 Å². The van der Waals surface area contributed by atoms with Gasteiger partial charge >= 0.3 is 0 Å². The van der Waals surface area contributed by atoms with Crippen LogP contribution in [0.2, 0.25) is 5.02 Å². The summed E-state index contributed by atoms with van der Waals surface area (Å²) in [6, 6.07) is 9.33. The molecule has 1 saturated heterocycles. The van der Waals surface area contributed by atoms with Crippen molar-refractivity contribution in [3.05, 3.63) is 41.6 Å². The van der Waals surface area contributed by atoms with Crippen LogP contribution >= 0.6 is 11.6 Å². The minimum atomic E-state index is 0.111. The highest BCUT2D eigenvalue weighted by atomic mass is 35.5. The number of rotatable bonds is 3. The van der Waals surface area contributed by atoms with Crippen LogP contribution in [0.3, 0.4) is 0 Å². The SMILES string of the molecule is CC(=O)N1CCN(c2nccc(Nc3ccccc3Cl)n2)CC1. The molecule has 1 aliphatic heterocycles. The van der Waals surface area contributed by atoms with E-state index in [9.17, 15) is 4.79 Å². The normalized spacial score (nSPS) is 14.7. The Balaban J connectivity index is 1.71. The Hall–Kier alpha value is -2.34. The number of carbonyl (C=O) groups is 1. The molecule has 0 atom stereocenters. The summed E-state index contributed by atoms with van der Waals surface area (Å²) in [5.41, 5.74) is 0.806. The summed E-state index contributed by atoms with van der Waals surface area (Å²) in [7, 11) is 0. The molecule has 1 aliphatic rings. The largest absolute Gasteiger partial charge is 0.339 e. The molecule has 0 aliphatic carbocycles. The number of anilines is 3. The number of halogens is 1. The van der Waals surface area contributed by atoms with Gasteiger partial charge < -0.3 is 15.1 Å². The van der Waals surface area contributed by atoms with Gasteiger partial charge in [0.15, 0.2) is 0 Å². The van der Waals surface area contributed by atoms with Gasteiger partial charge in [0.2, 0.25) is 11.9 Å². The third-order valence-electron chi connectivity index (χ3n) is 3.79. The maximum atomic E-state index is 11.4. The number of hydrogen-bond donors (Lipinski definition) is 1. The number of nitrogens with zero attached hydrogens (tertiary/aromatic N) is 4. The second-order valence-electron chi connectivity index (χ2n) is 5.34. The minimum absolute atomic E-state index is 0.111. The lowest BCUT2D eigenvalue weighted by Crippen LogP contribution is -2.48. The Morgan fingerprint density at radius 2 is 1.91 bits per heavy atom. The summed E-state index contributed by atoms with van der Waals surface area (Å²) >= 11 is 6.15. The molecular weight excluding hydrogens is 314 g/mol. The smallest absolute Gasteiger partial charge is 0.227 e. The molecule has 1 fully saturated rings. The van der Waals surface area contributed by atoms with Crippen LogP contribution in [0.4, 0.5) is 17.5 Å². The summed E-state index contributed by atoms with van der Waals surface area (Å²) in [6.45, 7) is 4.45. The highest BCUT2D eigenvalue weighted by molar-refractivity contribution is 6.33. The van der Waals surface area contributed by atoms with E-state index >= 15 is 0 Å². The Kier molecular flexibility index (Phi) is 4.62. The number of para-hydroxylation sites is 1. The summed E-state index contributed by atoms with van der Waals surface area (Å²) < 4.78 is 0. The van der Waals surface area contributed by atoms with E-state index in [1.165, 1.54) is 0 Å². The standard InChI is InChI=1S/C16H18ClN5O/c1-12(23)21-8-10-22(11-9-21)16-18-7-6-15(20-16)19-14-5-3-2-4-13(14)17/h2-7H,8-11H2,1H3,(H,18,19,20). The van der Waals surface area contributed by atoms with Crippen molar-refractivity contribution < 1.29 is 4.79 Å². The van der Waals surface area contributed by atoms with Crippen LogP contribution < -0.4 is 10.2 Å². The van der Waals surface area contributed by atoms with Crippen molar-refractivity contribution >= 4 is 35.0 Å². The van der Waals surface area contributed by atoms with Crippen molar-refractivity contribution in [3.8, 4) is 0 Å². The van der Waals surface area contributed by atoms with Crippen LogP contribution in [-0.4, -0.2) is 47.0 Å². The number of nitrogens with one attached hydrogen (secondary N) is 1. The molecule has 0 spiro atoms. The van der Waals surface area contributed by atoms with Gasteiger partial charge in [-0.15, -0.1) is 0 Å². The minimum Gasteiger partial charge on any atom is -0.339 e. The van der Waals surface area contributed by atoms with Crippen molar-refractivity contribution in [1.29, 1.82) is 0 Å². The number of piperazine rings is 1. The average Bonchev–Trinajstić information content (AvgIpc) is 2.57. The molecule has 23 heavy (non-hydrogen) atoms. The second kappa shape index (κ2) is 6.83. The molecule has 6 nitrogen and oxygen atoms in total. The van der Waals surface area contributed by atoms with Crippen LogP contribution in [0.25, 0.3) is 0 Å². The lowest BCUT2D eigenvalue weighted by Gasteiger charge is -2.34. The summed E-state index contributed by atoms with van der Waals surface area (Å²) in [6.07, 6.45) is 1.72. The zero-order valence-electron chi connectivity index (χ0n) is 12.9. The summed E-state index contributed by atoms with van der Waals surface area (Å²) in [5, 5.41) is 3.85. The molecule has 1 aromatic heterocycles. The lowest BCUT2D eigenvalue weighted by atomic mass is 10.3. The Morgan fingerprint density at radius 3 is 2.61 bits per heavy atom. The molecule has 1 aromatic carbocycles. The van der Waals surface area contributed by atoms with E-state index in [4.69, 9.17) is 11.6 Å². The van der Waals surface area contributed by atoms with Crippen LogP contribution in [0.5, 0.6) is 0 Å². The molecule has 0 unspecified atom stereocenters. The quantitative estimate of drug-likeness (QED) is 0.936. The molecule has 1 amide bonds. The predicted molar refractivity (Wildman–Crippen MR) is 91.2 cm³/mol. The van der Waals surface area contributed by atoms with E-state index in [0.717, 1.165) is 18.8 Å². The monoisotopic (exact) mass is 331 g/mol. The zero-order chi connectivity index (χ0) is 16.2. The van der Waals surface area contributed by atoms with Gasteiger partial charge in [-0.2, -0.15) is 4.98 Å². The zero-order valence-corrected chi connectivity index (χ0v) is 13.6. The number of hydrogen-bond acceptors (Lipinski definition) is 5. The highest BCUT2D eigenvalue weighted by Gasteiger charge is 2.20. The predicted octanol–water partition coefficient (Wildman–Crippen LogP) is 2.54. The number of benzene rings is 1. The fraction of sp³-hybridized carbons (Fsp3) is 0.312. The Bertz CT molecular complexity index is 700. The first kappa shape index (κ1) is 15.6. The average molecular weight is 332 g/mol. The van der Waals surface area contributed by atoms with Crippen LogP contribution in [-0.2, 0) is 4.79 Å². The fourth-order valence-corrected chi connectivity index (χ4v) is 2.68. The van der Waals surface area contributed by atoms with Gasteiger partial charge in [-0.25, -0.2) is 4.98 Å². The maximum Gasteiger partial charge on any atom is 0.227 e. The second-order valence-corrected chi connectivity index (χ2v) is 5.75. The number of aromatic nitrogens is 2. The van der Waals surface area contributed by atoms with Crippen molar-refractivity contribution in [2.24, 2.45) is 0 Å². The highest BCUT2D eigenvalue weighted by Crippen LogP contribution is 2.24. The maximum absolute atomic E-state index is 11.4. The van der Waals surface area contributed by atoms with Crippen molar-refractivity contribution in [1.82, 2.24) is 14.9 Å². The number of amides is 1. The van der Waals surface area contributed by atoms with Gasteiger partial charge in [0, 0.05) is 39.3 Å². The molecule has 0 radical (unpaired) electrons. The van der Waals surface area contributed by atoms with E-state index in [-0.39, 0.29) is 5.91 Å². The van der Waals surface area contributed by atoms with Gasteiger partial charge in [-0.3, -0.25) is 4.79 Å². The van der Waals surface area contributed by atoms with Crippen LogP contribution in [0.1, 0.15) is 6.92 Å². The molecule has 2 aromatic rings. The van der Waals surface area contributed by atoms with Gasteiger partial charge in [0.05, 0.1) is 10.7 Å². The van der Waals surface area contributed by atoms with Crippen LogP contribution in [0.15, 0.2) is 36.5 Å². The van der Waals surface area contributed by atoms with Gasteiger partial charge in [0.25, 0.3) is 0 Å². The van der Waals surface area contributed by atoms with E-state index in [2.05, 4.69) is 20.2 Å². The van der Waals surface area contributed by atoms with E-state index < -0.39 is 0 Å². The molecule has 2 heterocycles. The van der Waals surface area contributed by atoms with Crippen molar-refractivity contribution in [2.45, 2.75) is 6.92 Å². The van der Waals surface area contributed by atoms with Crippen molar-refractivity contribution in [3.63, 3.8) is 0 Å². The summed E-state index contributed by atoms with van der Waals surface area (Å²) in [4.78, 5) is 24.2. The third kappa shape index (κ3) is 3.71. The van der Waals surface area contributed by atoms with E-state index in [1.807, 2.05) is 29.2 Å². The third-order valence-corrected chi connectivity index (χ3v) is 4.12. The van der Waals surface area contributed by atoms with E-state index in [0.29, 0.717) is 29.9 Å². The fourth-order valence-electron chi connectivity index (χ4n) is 2.49. The lowest BCUT2D eigenvalue weighted by molar-refractivity contribution is -0.129. The summed E-state index contributed by atoms with van der Waals surface area (Å²) in [5.74, 6) is 1.46. The van der Waals surface area contributed by atoms with Crippen LogP contribution in [0, 0.1) is 0 Å². The Morgan fingerprint density at radius 1 is 1.17 bits per heavy atom. The molecule has 1 N–H and O–H groups in total. The molecular formula is C16H18ClN5O. The topological polar surface area (TPSA) is 61.4 Å².